The van der Waals surface area contributed by atoms with Crippen LogP contribution >= 0.6 is 0 Å². The zero-order valence-corrected chi connectivity index (χ0v) is 9.13. The summed E-state index contributed by atoms with van der Waals surface area (Å²) in [4.78, 5) is 10.6. The monoisotopic (exact) mass is 238 g/mol. The summed E-state index contributed by atoms with van der Waals surface area (Å²) in [7, 11) is -2.88. The van der Waals surface area contributed by atoms with Crippen LogP contribution in [0.5, 0.6) is 0 Å². The van der Waals surface area contributed by atoms with Crippen molar-refractivity contribution < 1.29 is 18.5 Å². The van der Waals surface area contributed by atoms with Gasteiger partial charge in [-0.25, -0.2) is 4.79 Å². The minimum atomic E-state index is -2.88. The molecule has 0 amide bonds. The lowest BCUT2D eigenvalue weighted by Crippen LogP contribution is -2.02. The Bertz CT molecular complexity index is 528. The van der Waals surface area contributed by atoms with Crippen LogP contribution in [0.2, 0.25) is 0 Å². The second-order valence-corrected chi connectivity index (χ2v) is 5.68. The third kappa shape index (κ3) is 1.90. The van der Waals surface area contributed by atoms with Crippen LogP contribution in [-0.2, 0) is 9.93 Å². The van der Waals surface area contributed by atoms with Gasteiger partial charge in [0.1, 0.15) is 0 Å². The second-order valence-electron chi connectivity index (χ2n) is 3.22. The average Bonchev–Trinajstić information content (AvgIpc) is 2.64. The molecule has 2 heterocycles. The van der Waals surface area contributed by atoms with Gasteiger partial charge in [0.2, 0.25) is 5.76 Å². The molecule has 0 fully saturated rings. The van der Waals surface area contributed by atoms with E-state index in [1.54, 1.807) is 24.3 Å². The van der Waals surface area contributed by atoms with E-state index in [1.165, 1.54) is 22.9 Å². The van der Waals surface area contributed by atoms with E-state index < -0.39 is 15.9 Å². The Morgan fingerprint density at radius 2 is 1.75 bits per heavy atom. The lowest BCUT2D eigenvalue weighted by Gasteiger charge is -2.10. The molecule has 0 radical (unpaired) electrons. The first-order valence-corrected chi connectivity index (χ1v) is 6.43. The molecule has 1 aromatic rings. The molecule has 16 heavy (non-hydrogen) atoms. The number of rotatable bonds is 2. The molecule has 84 valence electrons. The van der Waals surface area contributed by atoms with Crippen LogP contribution in [0.25, 0.3) is 0 Å². The Labute approximate surface area is 93.0 Å². The Morgan fingerprint density at radius 3 is 2.25 bits per heavy atom. The molecule has 0 aliphatic carbocycles. The number of carbonyl (C=O) groups is 1. The highest BCUT2D eigenvalue weighted by atomic mass is 32.2. The number of carboxylic acids is 1. The van der Waals surface area contributed by atoms with Gasteiger partial charge in [0.15, 0.2) is 5.09 Å². The number of aromatic carboxylic acids is 1. The van der Waals surface area contributed by atoms with Crippen molar-refractivity contribution in [3.63, 3.8) is 0 Å². The van der Waals surface area contributed by atoms with Crippen LogP contribution in [0.1, 0.15) is 10.6 Å². The van der Waals surface area contributed by atoms with Crippen molar-refractivity contribution in [2.75, 3.05) is 0 Å². The normalized spacial score (nSPS) is 19.2. The van der Waals surface area contributed by atoms with Crippen molar-refractivity contribution in [3.05, 3.63) is 53.0 Å². The van der Waals surface area contributed by atoms with E-state index in [1.807, 2.05) is 0 Å². The Morgan fingerprint density at radius 1 is 1.12 bits per heavy atom. The van der Waals surface area contributed by atoms with E-state index in [9.17, 15) is 9.00 Å². The SMILES string of the molecule is O=C(O)c1ccc([SH]2(=O)C=CC=CC=C2)o1. The van der Waals surface area contributed by atoms with Gasteiger partial charge in [-0.05, 0) is 32.9 Å². The molecular formula is C11H10O4S. The number of allylic oxidation sites excluding steroid dienone is 4. The summed E-state index contributed by atoms with van der Waals surface area (Å²) >= 11 is 0. The quantitative estimate of drug-likeness (QED) is 0.773. The molecule has 1 N–H and O–H groups in total. The zero-order valence-electron chi connectivity index (χ0n) is 8.24. The van der Waals surface area contributed by atoms with E-state index in [0.29, 0.717) is 0 Å². The molecule has 2 rings (SSSR count). The first-order chi connectivity index (χ1) is 7.62. The van der Waals surface area contributed by atoms with Gasteiger partial charge >= 0.3 is 5.97 Å². The van der Waals surface area contributed by atoms with E-state index in [-0.39, 0.29) is 10.9 Å². The topological polar surface area (TPSA) is 67.5 Å². The molecule has 1 aromatic heterocycles. The van der Waals surface area contributed by atoms with Crippen LogP contribution < -0.4 is 0 Å². The molecule has 1 aliphatic rings. The average molecular weight is 238 g/mol. The lowest BCUT2D eigenvalue weighted by atomic mass is 10.5. The van der Waals surface area contributed by atoms with Crippen LogP contribution in [0.3, 0.4) is 0 Å². The fourth-order valence-corrected chi connectivity index (χ4v) is 2.96. The number of hydrogen-bond donors (Lipinski definition) is 2. The highest BCUT2D eigenvalue weighted by Crippen LogP contribution is 2.25. The van der Waals surface area contributed by atoms with Gasteiger partial charge in [-0.15, -0.1) is 0 Å². The molecular weight excluding hydrogens is 228 g/mol. The Hall–Kier alpha value is -1.88. The largest absolute Gasteiger partial charge is 0.475 e. The van der Waals surface area contributed by atoms with Crippen molar-refractivity contribution >= 4 is 15.9 Å². The van der Waals surface area contributed by atoms with Gasteiger partial charge in [-0.1, -0.05) is 24.3 Å². The maximum atomic E-state index is 12.4. The summed E-state index contributed by atoms with van der Waals surface area (Å²) in [5.74, 6) is -1.37. The van der Waals surface area contributed by atoms with Crippen molar-refractivity contribution in [1.82, 2.24) is 0 Å². The van der Waals surface area contributed by atoms with Gasteiger partial charge in [0.25, 0.3) is 0 Å². The van der Waals surface area contributed by atoms with Gasteiger partial charge in [0.05, 0.1) is 0 Å². The van der Waals surface area contributed by atoms with Gasteiger partial charge in [-0.2, -0.15) is 0 Å². The Kier molecular flexibility index (Phi) is 2.62. The molecule has 0 bridgehead atoms. The van der Waals surface area contributed by atoms with Crippen LogP contribution in [0.4, 0.5) is 0 Å². The van der Waals surface area contributed by atoms with E-state index in [2.05, 4.69) is 0 Å². The smallest absolute Gasteiger partial charge is 0.371 e. The van der Waals surface area contributed by atoms with Crippen molar-refractivity contribution in [2.45, 2.75) is 5.09 Å². The van der Waals surface area contributed by atoms with E-state index in [4.69, 9.17) is 9.52 Å². The van der Waals surface area contributed by atoms with Crippen molar-refractivity contribution in [3.8, 4) is 0 Å². The fourth-order valence-electron chi connectivity index (χ4n) is 1.31. The lowest BCUT2D eigenvalue weighted by molar-refractivity contribution is 0.0656. The minimum Gasteiger partial charge on any atom is -0.475 e. The van der Waals surface area contributed by atoms with Crippen LogP contribution in [0.15, 0.2) is 56.8 Å². The third-order valence-corrected chi connectivity index (χ3v) is 4.25. The fraction of sp³-hybridized carbons (Fsp3) is 0. The molecule has 0 saturated carbocycles. The molecule has 0 spiro atoms. The number of carboxylic acid groups (broad SMARTS) is 1. The summed E-state index contributed by atoms with van der Waals surface area (Å²) in [6.45, 7) is 0. The molecule has 0 saturated heterocycles. The third-order valence-electron chi connectivity index (χ3n) is 2.10. The maximum Gasteiger partial charge on any atom is 0.371 e. The first kappa shape index (κ1) is 10.6. The predicted octanol–water partition coefficient (Wildman–Crippen LogP) is 1.95. The zero-order chi connectivity index (χ0) is 11.6. The minimum absolute atomic E-state index is 0.182. The molecule has 1 aliphatic heterocycles. The number of thiol groups is 1. The summed E-state index contributed by atoms with van der Waals surface area (Å²) in [5.41, 5.74) is 0. The summed E-state index contributed by atoms with van der Waals surface area (Å²) in [5, 5.41) is 11.9. The summed E-state index contributed by atoms with van der Waals surface area (Å²) in [6, 6.07) is 2.74. The van der Waals surface area contributed by atoms with Gasteiger partial charge < -0.3 is 9.52 Å². The molecule has 4 nitrogen and oxygen atoms in total. The van der Waals surface area contributed by atoms with Crippen LogP contribution in [-0.4, -0.2) is 15.3 Å². The van der Waals surface area contributed by atoms with Crippen molar-refractivity contribution in [2.24, 2.45) is 0 Å². The number of hydrogen-bond acceptors (Lipinski definition) is 3. The highest BCUT2D eigenvalue weighted by molar-refractivity contribution is 8.08. The molecule has 5 heteroatoms. The van der Waals surface area contributed by atoms with Gasteiger partial charge in [-0.3, -0.25) is 4.21 Å². The molecule has 0 atom stereocenters. The summed E-state index contributed by atoms with van der Waals surface area (Å²) < 4.78 is 17.4. The predicted molar refractivity (Wildman–Crippen MR) is 60.9 cm³/mol. The number of furan rings is 1. The standard InChI is InChI=1S/C11H10O4S/c12-11(13)9-5-6-10(15-9)16(14)7-3-1-2-4-8-16/h1-8,16H,(H,12,13). The highest BCUT2D eigenvalue weighted by Gasteiger charge is 2.18. The van der Waals surface area contributed by atoms with Crippen molar-refractivity contribution in [1.29, 1.82) is 0 Å². The molecule has 0 unspecified atom stereocenters. The first-order valence-electron chi connectivity index (χ1n) is 4.59. The molecule has 0 aromatic carbocycles. The second kappa shape index (κ2) is 3.94. The maximum absolute atomic E-state index is 12.4. The van der Waals surface area contributed by atoms with E-state index >= 15 is 0 Å². The summed E-state index contributed by atoms with van der Waals surface area (Å²) in [6.07, 6.45) is 6.81. The Balaban J connectivity index is 2.43. The van der Waals surface area contributed by atoms with Crippen LogP contribution in [0, 0.1) is 0 Å². The van der Waals surface area contributed by atoms with E-state index in [0.717, 1.165) is 0 Å². The van der Waals surface area contributed by atoms with Gasteiger partial charge in [0, 0.05) is 0 Å².